The second-order valence-electron chi connectivity index (χ2n) is 5.21. The van der Waals surface area contributed by atoms with Crippen molar-refractivity contribution in [3.8, 4) is 0 Å². The van der Waals surface area contributed by atoms with Crippen LogP contribution < -0.4 is 5.32 Å². The Kier molecular flexibility index (Phi) is 4.74. The molecule has 0 aliphatic rings. The Balaban J connectivity index is 1.85. The summed E-state index contributed by atoms with van der Waals surface area (Å²) >= 11 is 1.55. The fourth-order valence-electron chi connectivity index (χ4n) is 2.28. The molecule has 0 aliphatic heterocycles. The minimum atomic E-state index is -0.106. The van der Waals surface area contributed by atoms with E-state index in [1.165, 1.54) is 5.56 Å². The highest BCUT2D eigenvalue weighted by molar-refractivity contribution is 7.11. The summed E-state index contributed by atoms with van der Waals surface area (Å²) in [6.45, 7) is 2.42. The quantitative estimate of drug-likeness (QED) is 0.702. The Labute approximate surface area is 139 Å². The predicted molar refractivity (Wildman–Crippen MR) is 93.9 cm³/mol. The van der Waals surface area contributed by atoms with Crippen LogP contribution in [-0.4, -0.2) is 5.91 Å². The van der Waals surface area contributed by atoms with E-state index in [2.05, 4.69) is 11.4 Å². The smallest absolute Gasteiger partial charge is 0.253 e. The lowest BCUT2D eigenvalue weighted by molar-refractivity contribution is -0.115. The Bertz CT molecular complexity index is 802. The molecule has 116 valence electrons. The Morgan fingerprint density at radius 2 is 2.13 bits per heavy atom. The van der Waals surface area contributed by atoms with Gasteiger partial charge in [-0.25, -0.2) is 0 Å². The molecule has 0 spiro atoms. The first-order valence-electron chi connectivity index (χ1n) is 7.35. The van der Waals surface area contributed by atoms with E-state index in [4.69, 9.17) is 4.42 Å². The topological polar surface area (TPSA) is 42.2 Å². The van der Waals surface area contributed by atoms with Gasteiger partial charge < -0.3 is 9.73 Å². The molecule has 0 bridgehead atoms. The van der Waals surface area contributed by atoms with E-state index in [1.54, 1.807) is 17.6 Å². The number of carbonyl (C=O) groups excluding carboxylic acids is 1. The van der Waals surface area contributed by atoms with Crippen molar-refractivity contribution < 1.29 is 9.21 Å². The van der Waals surface area contributed by atoms with Gasteiger partial charge in [-0.05, 0) is 42.1 Å². The molecule has 4 heteroatoms. The van der Waals surface area contributed by atoms with Gasteiger partial charge in [-0.15, -0.1) is 11.3 Å². The van der Waals surface area contributed by atoms with E-state index in [1.807, 2.05) is 60.8 Å². The third-order valence-corrected chi connectivity index (χ3v) is 4.29. The van der Waals surface area contributed by atoms with Crippen LogP contribution >= 0.6 is 11.3 Å². The summed E-state index contributed by atoms with van der Waals surface area (Å²) in [5, 5.41) is 4.89. The van der Waals surface area contributed by atoms with Crippen molar-refractivity contribution in [2.24, 2.45) is 0 Å². The first-order chi connectivity index (χ1) is 11.2. The SMILES string of the molecule is Cc1cccc(C=C(C(=O)NCc2ccco2)c2cccs2)c1. The highest BCUT2D eigenvalue weighted by Gasteiger charge is 2.13. The summed E-state index contributed by atoms with van der Waals surface area (Å²) in [6.07, 6.45) is 3.53. The Hall–Kier alpha value is -2.59. The number of thiophene rings is 1. The van der Waals surface area contributed by atoms with Crippen LogP contribution in [0.2, 0.25) is 0 Å². The summed E-state index contributed by atoms with van der Waals surface area (Å²) in [5.41, 5.74) is 2.85. The molecule has 0 fully saturated rings. The van der Waals surface area contributed by atoms with E-state index in [0.29, 0.717) is 12.1 Å². The van der Waals surface area contributed by atoms with E-state index in [9.17, 15) is 4.79 Å². The molecule has 2 heterocycles. The number of amides is 1. The zero-order valence-corrected chi connectivity index (χ0v) is 13.6. The molecule has 1 N–H and O–H groups in total. The predicted octanol–water partition coefficient (Wildman–Crippen LogP) is 4.51. The van der Waals surface area contributed by atoms with Crippen molar-refractivity contribution in [2.45, 2.75) is 13.5 Å². The zero-order chi connectivity index (χ0) is 16.1. The van der Waals surface area contributed by atoms with Gasteiger partial charge in [0.05, 0.1) is 18.4 Å². The van der Waals surface area contributed by atoms with Crippen LogP contribution in [0.4, 0.5) is 0 Å². The number of benzene rings is 1. The molecule has 1 amide bonds. The van der Waals surface area contributed by atoms with E-state index < -0.39 is 0 Å². The molecule has 0 saturated heterocycles. The largest absolute Gasteiger partial charge is 0.467 e. The zero-order valence-electron chi connectivity index (χ0n) is 12.8. The lowest BCUT2D eigenvalue weighted by Crippen LogP contribution is -2.23. The molecule has 0 atom stereocenters. The van der Waals surface area contributed by atoms with Crippen LogP contribution in [0.5, 0.6) is 0 Å². The van der Waals surface area contributed by atoms with E-state index in [-0.39, 0.29) is 5.91 Å². The lowest BCUT2D eigenvalue weighted by Gasteiger charge is -2.07. The number of nitrogens with one attached hydrogen (secondary N) is 1. The van der Waals surface area contributed by atoms with Crippen LogP contribution in [-0.2, 0) is 11.3 Å². The van der Waals surface area contributed by atoms with Gasteiger partial charge in [0.1, 0.15) is 5.76 Å². The van der Waals surface area contributed by atoms with Crippen molar-refractivity contribution in [2.75, 3.05) is 0 Å². The number of aryl methyl sites for hydroxylation is 1. The Morgan fingerprint density at radius 1 is 1.22 bits per heavy atom. The molecule has 3 aromatic rings. The first-order valence-corrected chi connectivity index (χ1v) is 8.23. The van der Waals surface area contributed by atoms with Gasteiger partial charge in [-0.3, -0.25) is 4.79 Å². The third kappa shape index (κ3) is 3.99. The van der Waals surface area contributed by atoms with Crippen LogP contribution in [0.1, 0.15) is 21.8 Å². The van der Waals surface area contributed by atoms with Crippen LogP contribution in [0.15, 0.2) is 64.6 Å². The van der Waals surface area contributed by atoms with Gasteiger partial charge in [0.15, 0.2) is 0 Å². The number of rotatable bonds is 5. The highest BCUT2D eigenvalue weighted by Crippen LogP contribution is 2.23. The highest BCUT2D eigenvalue weighted by atomic mass is 32.1. The van der Waals surface area contributed by atoms with E-state index >= 15 is 0 Å². The Morgan fingerprint density at radius 3 is 2.83 bits per heavy atom. The van der Waals surface area contributed by atoms with Crippen LogP contribution in [0.25, 0.3) is 11.6 Å². The summed E-state index contributed by atoms with van der Waals surface area (Å²) < 4.78 is 5.26. The molecule has 3 rings (SSSR count). The average molecular weight is 323 g/mol. The second kappa shape index (κ2) is 7.11. The van der Waals surface area contributed by atoms with Crippen molar-refractivity contribution in [1.29, 1.82) is 0 Å². The average Bonchev–Trinajstić information content (AvgIpc) is 3.23. The standard InChI is InChI=1S/C19H17NO2S/c1-14-5-2-6-15(11-14)12-17(18-8-4-10-23-18)19(21)20-13-16-7-3-9-22-16/h2-12H,13H2,1H3,(H,20,21). The fourth-order valence-corrected chi connectivity index (χ4v) is 3.02. The summed E-state index contributed by atoms with van der Waals surface area (Å²) in [4.78, 5) is 13.6. The minimum absolute atomic E-state index is 0.106. The molecule has 0 saturated carbocycles. The van der Waals surface area contributed by atoms with Crippen molar-refractivity contribution >= 4 is 28.9 Å². The normalized spacial score (nSPS) is 11.4. The molecular formula is C19H17NO2S. The third-order valence-electron chi connectivity index (χ3n) is 3.39. The lowest BCUT2D eigenvalue weighted by atomic mass is 10.1. The van der Waals surface area contributed by atoms with Crippen molar-refractivity contribution in [1.82, 2.24) is 5.32 Å². The fraction of sp³-hybridized carbons (Fsp3) is 0.105. The van der Waals surface area contributed by atoms with Crippen molar-refractivity contribution in [3.05, 3.63) is 81.9 Å². The van der Waals surface area contributed by atoms with Crippen molar-refractivity contribution in [3.63, 3.8) is 0 Å². The monoisotopic (exact) mass is 323 g/mol. The number of hydrogen-bond donors (Lipinski definition) is 1. The maximum absolute atomic E-state index is 12.6. The molecule has 3 nitrogen and oxygen atoms in total. The molecule has 0 radical (unpaired) electrons. The summed E-state index contributed by atoms with van der Waals surface area (Å²) in [5.74, 6) is 0.629. The number of carbonyl (C=O) groups is 1. The maximum Gasteiger partial charge on any atom is 0.253 e. The number of hydrogen-bond acceptors (Lipinski definition) is 3. The first kappa shape index (κ1) is 15.3. The molecule has 23 heavy (non-hydrogen) atoms. The summed E-state index contributed by atoms with van der Waals surface area (Å²) in [6, 6.07) is 15.7. The van der Waals surface area contributed by atoms with E-state index in [0.717, 1.165) is 16.2 Å². The molecule has 0 aliphatic carbocycles. The van der Waals surface area contributed by atoms with Crippen LogP contribution in [0.3, 0.4) is 0 Å². The van der Waals surface area contributed by atoms with Gasteiger partial charge in [0.25, 0.3) is 5.91 Å². The van der Waals surface area contributed by atoms with Gasteiger partial charge in [0, 0.05) is 4.88 Å². The number of furan rings is 1. The van der Waals surface area contributed by atoms with Gasteiger partial charge in [-0.2, -0.15) is 0 Å². The van der Waals surface area contributed by atoms with Gasteiger partial charge in [-0.1, -0.05) is 35.9 Å². The molecular weight excluding hydrogens is 306 g/mol. The molecule has 1 aromatic carbocycles. The van der Waals surface area contributed by atoms with Gasteiger partial charge >= 0.3 is 0 Å². The maximum atomic E-state index is 12.6. The summed E-state index contributed by atoms with van der Waals surface area (Å²) in [7, 11) is 0. The van der Waals surface area contributed by atoms with Crippen LogP contribution in [0, 0.1) is 6.92 Å². The second-order valence-corrected chi connectivity index (χ2v) is 6.16. The molecule has 0 unspecified atom stereocenters. The molecule has 2 aromatic heterocycles. The minimum Gasteiger partial charge on any atom is -0.467 e. The van der Waals surface area contributed by atoms with Gasteiger partial charge in [0.2, 0.25) is 0 Å².